The minimum atomic E-state index is -0.646. The van der Waals surface area contributed by atoms with Crippen LogP contribution in [0.1, 0.15) is 12.5 Å². The molecule has 0 aliphatic carbocycles. The van der Waals surface area contributed by atoms with Gasteiger partial charge in [0.2, 0.25) is 0 Å². The average Bonchev–Trinajstić information content (AvgIpc) is 2.44. The first-order chi connectivity index (χ1) is 9.22. The largest absolute Gasteiger partial charge is 0.460 e. The Balaban J connectivity index is 2.16. The third-order valence-corrected chi connectivity index (χ3v) is 2.17. The molecular formula is C14H17NO4. The summed E-state index contributed by atoms with van der Waals surface area (Å²) in [5, 5.41) is 2.32. The number of hydrogen-bond donors (Lipinski definition) is 1. The highest BCUT2D eigenvalue weighted by Crippen LogP contribution is 2.00. The Labute approximate surface area is 112 Å². The number of alkyl carbamates (subject to hydrolysis) is 1. The number of rotatable bonds is 6. The van der Waals surface area contributed by atoms with Crippen LogP contribution in [0.15, 0.2) is 42.5 Å². The van der Waals surface area contributed by atoms with Gasteiger partial charge in [0.25, 0.3) is 0 Å². The molecule has 0 saturated heterocycles. The molecule has 0 radical (unpaired) electrons. The molecule has 1 N–H and O–H groups in total. The van der Waals surface area contributed by atoms with Crippen LogP contribution in [0, 0.1) is 0 Å². The number of amides is 1. The smallest absolute Gasteiger partial charge is 0.407 e. The lowest BCUT2D eigenvalue weighted by Crippen LogP contribution is -2.31. The van der Waals surface area contributed by atoms with Crippen molar-refractivity contribution < 1.29 is 19.1 Å². The van der Waals surface area contributed by atoms with Crippen LogP contribution in [-0.4, -0.2) is 25.2 Å². The van der Waals surface area contributed by atoms with Crippen LogP contribution in [-0.2, 0) is 20.9 Å². The molecule has 19 heavy (non-hydrogen) atoms. The van der Waals surface area contributed by atoms with Gasteiger partial charge in [-0.25, -0.2) is 4.79 Å². The molecule has 102 valence electrons. The van der Waals surface area contributed by atoms with Gasteiger partial charge in [-0.3, -0.25) is 4.79 Å². The first-order valence-corrected chi connectivity index (χ1v) is 5.93. The number of ether oxygens (including phenoxy) is 2. The molecule has 0 fully saturated rings. The predicted molar refractivity (Wildman–Crippen MR) is 70.4 cm³/mol. The van der Waals surface area contributed by atoms with Crippen LogP contribution in [0.4, 0.5) is 4.79 Å². The Morgan fingerprint density at radius 1 is 1.21 bits per heavy atom. The average molecular weight is 263 g/mol. The third kappa shape index (κ3) is 6.88. The van der Waals surface area contributed by atoms with E-state index in [1.165, 1.54) is 0 Å². The lowest BCUT2D eigenvalue weighted by Gasteiger charge is -2.06. The molecule has 5 heteroatoms. The summed E-state index contributed by atoms with van der Waals surface area (Å²) >= 11 is 0. The second-order valence-electron chi connectivity index (χ2n) is 3.67. The molecule has 0 spiro atoms. The number of carbonyl (C=O) groups is 2. The minimum Gasteiger partial charge on any atom is -0.460 e. The SMILES string of the molecule is C/C=C/COC(=O)CNC(=O)OCc1ccccc1. The van der Waals surface area contributed by atoms with E-state index in [1.54, 1.807) is 12.2 Å². The predicted octanol–water partition coefficient (Wildman–Crippen LogP) is 2.03. The monoisotopic (exact) mass is 263 g/mol. The van der Waals surface area contributed by atoms with E-state index in [0.717, 1.165) is 5.56 Å². The summed E-state index contributed by atoms with van der Waals surface area (Å²) in [6, 6.07) is 9.28. The minimum absolute atomic E-state index is 0.167. The fourth-order valence-electron chi connectivity index (χ4n) is 1.21. The molecule has 1 rings (SSSR count). The Bertz CT molecular complexity index is 428. The van der Waals surface area contributed by atoms with E-state index in [-0.39, 0.29) is 19.8 Å². The number of hydrogen-bond acceptors (Lipinski definition) is 4. The Morgan fingerprint density at radius 2 is 1.95 bits per heavy atom. The zero-order valence-electron chi connectivity index (χ0n) is 10.8. The van der Waals surface area contributed by atoms with Crippen molar-refractivity contribution in [3.63, 3.8) is 0 Å². The molecule has 0 aromatic heterocycles. The van der Waals surface area contributed by atoms with E-state index in [0.29, 0.717) is 0 Å². The van der Waals surface area contributed by atoms with Crippen molar-refractivity contribution in [1.82, 2.24) is 5.32 Å². The van der Waals surface area contributed by atoms with Crippen molar-refractivity contribution in [3.05, 3.63) is 48.0 Å². The fraction of sp³-hybridized carbons (Fsp3) is 0.286. The Hall–Kier alpha value is -2.30. The first kappa shape index (κ1) is 14.8. The summed E-state index contributed by atoms with van der Waals surface area (Å²) in [4.78, 5) is 22.5. The van der Waals surface area contributed by atoms with Crippen molar-refractivity contribution in [1.29, 1.82) is 0 Å². The maximum absolute atomic E-state index is 11.3. The normalized spacial score (nSPS) is 10.2. The van der Waals surface area contributed by atoms with Gasteiger partial charge in [0.15, 0.2) is 0 Å². The van der Waals surface area contributed by atoms with Crippen molar-refractivity contribution >= 4 is 12.1 Å². The molecule has 0 aliphatic rings. The van der Waals surface area contributed by atoms with Gasteiger partial charge in [-0.1, -0.05) is 42.5 Å². The molecule has 0 atom stereocenters. The molecule has 0 saturated carbocycles. The molecular weight excluding hydrogens is 246 g/mol. The third-order valence-electron chi connectivity index (χ3n) is 2.17. The van der Waals surface area contributed by atoms with Crippen molar-refractivity contribution in [2.45, 2.75) is 13.5 Å². The summed E-state index contributed by atoms with van der Waals surface area (Å²) in [5.41, 5.74) is 0.883. The van der Waals surface area contributed by atoms with E-state index in [2.05, 4.69) is 5.32 Å². The van der Waals surface area contributed by atoms with Gasteiger partial charge in [0.1, 0.15) is 19.8 Å². The highest BCUT2D eigenvalue weighted by Gasteiger charge is 2.06. The Morgan fingerprint density at radius 3 is 2.63 bits per heavy atom. The molecule has 5 nitrogen and oxygen atoms in total. The van der Waals surface area contributed by atoms with Crippen molar-refractivity contribution in [3.8, 4) is 0 Å². The molecule has 0 bridgehead atoms. The first-order valence-electron chi connectivity index (χ1n) is 5.93. The topological polar surface area (TPSA) is 64.6 Å². The summed E-state index contributed by atoms with van der Waals surface area (Å²) in [7, 11) is 0. The standard InChI is InChI=1S/C14H17NO4/c1-2-3-9-18-13(16)10-15-14(17)19-11-12-7-5-4-6-8-12/h2-8H,9-11H2,1H3,(H,15,17)/b3-2+. The van der Waals surface area contributed by atoms with Crippen molar-refractivity contribution in [2.24, 2.45) is 0 Å². The zero-order valence-corrected chi connectivity index (χ0v) is 10.8. The highest BCUT2D eigenvalue weighted by molar-refractivity contribution is 5.77. The molecule has 1 aromatic rings. The van der Waals surface area contributed by atoms with E-state index in [4.69, 9.17) is 9.47 Å². The highest BCUT2D eigenvalue weighted by atomic mass is 16.6. The fourth-order valence-corrected chi connectivity index (χ4v) is 1.21. The van der Waals surface area contributed by atoms with E-state index >= 15 is 0 Å². The molecule has 1 aromatic carbocycles. The van der Waals surface area contributed by atoms with E-state index in [1.807, 2.05) is 37.3 Å². The number of carbonyl (C=O) groups excluding carboxylic acids is 2. The van der Waals surface area contributed by atoms with E-state index in [9.17, 15) is 9.59 Å². The molecule has 0 aliphatic heterocycles. The van der Waals surface area contributed by atoms with Crippen LogP contribution >= 0.6 is 0 Å². The summed E-state index contributed by atoms with van der Waals surface area (Å²) < 4.78 is 9.73. The van der Waals surface area contributed by atoms with E-state index < -0.39 is 12.1 Å². The van der Waals surface area contributed by atoms with Crippen LogP contribution in [0.25, 0.3) is 0 Å². The molecule has 1 amide bonds. The summed E-state index contributed by atoms with van der Waals surface area (Å²) in [5.74, 6) is -0.505. The molecule has 0 unspecified atom stereocenters. The van der Waals surface area contributed by atoms with Crippen LogP contribution in [0.2, 0.25) is 0 Å². The van der Waals surface area contributed by atoms with Crippen LogP contribution in [0.3, 0.4) is 0 Å². The maximum Gasteiger partial charge on any atom is 0.407 e. The van der Waals surface area contributed by atoms with Gasteiger partial charge in [0, 0.05) is 0 Å². The van der Waals surface area contributed by atoms with Gasteiger partial charge < -0.3 is 14.8 Å². The number of allylic oxidation sites excluding steroid dienone is 1. The Kier molecular flexibility index (Phi) is 6.79. The summed E-state index contributed by atoms with van der Waals surface area (Å²) in [6.07, 6.45) is 2.83. The van der Waals surface area contributed by atoms with Gasteiger partial charge in [-0.2, -0.15) is 0 Å². The van der Waals surface area contributed by atoms with Gasteiger partial charge in [-0.05, 0) is 12.5 Å². The van der Waals surface area contributed by atoms with Gasteiger partial charge in [-0.15, -0.1) is 0 Å². The van der Waals surface area contributed by atoms with Crippen LogP contribution < -0.4 is 5.32 Å². The number of esters is 1. The lowest BCUT2D eigenvalue weighted by atomic mass is 10.2. The lowest BCUT2D eigenvalue weighted by molar-refractivity contribution is -0.141. The van der Waals surface area contributed by atoms with Crippen LogP contribution in [0.5, 0.6) is 0 Å². The number of nitrogens with one attached hydrogen (secondary N) is 1. The second kappa shape index (κ2) is 8.74. The maximum atomic E-state index is 11.3. The number of benzene rings is 1. The summed E-state index contributed by atoms with van der Waals surface area (Å²) in [6.45, 7) is 1.99. The quantitative estimate of drug-likeness (QED) is 0.630. The second-order valence-corrected chi connectivity index (χ2v) is 3.67. The zero-order chi connectivity index (χ0) is 13.9. The molecule has 0 heterocycles. The van der Waals surface area contributed by atoms with Gasteiger partial charge in [0.05, 0.1) is 0 Å². The van der Waals surface area contributed by atoms with Crippen molar-refractivity contribution in [2.75, 3.05) is 13.2 Å². The van der Waals surface area contributed by atoms with Gasteiger partial charge >= 0.3 is 12.1 Å².